The van der Waals surface area contributed by atoms with Crippen molar-refractivity contribution in [3.05, 3.63) is 63.7 Å². The summed E-state index contributed by atoms with van der Waals surface area (Å²) in [6, 6.07) is 9.72. The summed E-state index contributed by atoms with van der Waals surface area (Å²) in [5.74, 6) is 0. The number of benzene rings is 2. The predicted molar refractivity (Wildman–Crippen MR) is 79.7 cm³/mol. The van der Waals surface area contributed by atoms with Crippen molar-refractivity contribution in [2.45, 2.75) is 26.6 Å². The largest absolute Gasteiger partial charge is 0.416 e. The van der Waals surface area contributed by atoms with Crippen LogP contribution in [0.25, 0.3) is 0 Å². The summed E-state index contributed by atoms with van der Waals surface area (Å²) < 4.78 is 38.6. The Morgan fingerprint density at radius 2 is 1.71 bits per heavy atom. The molecule has 0 spiro atoms. The molecule has 0 atom stereocenters. The SMILES string of the molecule is Cc1cc(Cl)ccc1CNc1ccc(C)c(C(F)(F)F)c1. The van der Waals surface area contributed by atoms with Gasteiger partial charge >= 0.3 is 6.18 Å². The summed E-state index contributed by atoms with van der Waals surface area (Å²) in [4.78, 5) is 0. The Balaban J connectivity index is 2.17. The fraction of sp³-hybridized carbons (Fsp3) is 0.250. The average Bonchev–Trinajstić information content (AvgIpc) is 2.38. The first-order valence-electron chi connectivity index (χ1n) is 6.44. The van der Waals surface area contributed by atoms with Crippen LogP contribution in [0.2, 0.25) is 5.02 Å². The Morgan fingerprint density at radius 1 is 1.00 bits per heavy atom. The average molecular weight is 314 g/mol. The van der Waals surface area contributed by atoms with E-state index in [2.05, 4.69) is 5.32 Å². The molecule has 2 rings (SSSR count). The molecule has 0 radical (unpaired) electrons. The lowest BCUT2D eigenvalue weighted by atomic mass is 10.1. The Labute approximate surface area is 126 Å². The zero-order valence-corrected chi connectivity index (χ0v) is 12.4. The number of anilines is 1. The maximum atomic E-state index is 12.9. The van der Waals surface area contributed by atoms with Crippen LogP contribution in [0.5, 0.6) is 0 Å². The molecule has 0 aliphatic rings. The molecule has 2 aromatic rings. The van der Waals surface area contributed by atoms with Gasteiger partial charge in [0.15, 0.2) is 0 Å². The highest BCUT2D eigenvalue weighted by molar-refractivity contribution is 6.30. The lowest BCUT2D eigenvalue weighted by molar-refractivity contribution is -0.138. The molecule has 0 unspecified atom stereocenters. The third kappa shape index (κ3) is 3.91. The Kier molecular flexibility index (Phi) is 4.47. The van der Waals surface area contributed by atoms with Crippen LogP contribution in [0.1, 0.15) is 22.3 Å². The van der Waals surface area contributed by atoms with E-state index >= 15 is 0 Å². The van der Waals surface area contributed by atoms with Crippen molar-refractivity contribution in [3.8, 4) is 0 Å². The van der Waals surface area contributed by atoms with Gasteiger partial charge in [0.25, 0.3) is 0 Å². The van der Waals surface area contributed by atoms with E-state index in [-0.39, 0.29) is 5.56 Å². The molecule has 0 aliphatic heterocycles. The number of hydrogen-bond acceptors (Lipinski definition) is 1. The summed E-state index contributed by atoms with van der Waals surface area (Å²) in [5, 5.41) is 3.66. The van der Waals surface area contributed by atoms with Gasteiger partial charge in [-0.25, -0.2) is 0 Å². The van der Waals surface area contributed by atoms with E-state index in [0.29, 0.717) is 17.3 Å². The molecule has 0 heterocycles. The van der Waals surface area contributed by atoms with Crippen LogP contribution in [-0.4, -0.2) is 0 Å². The van der Waals surface area contributed by atoms with E-state index in [1.165, 1.54) is 13.0 Å². The van der Waals surface area contributed by atoms with Crippen molar-refractivity contribution in [1.82, 2.24) is 0 Å². The standard InChI is InChI=1S/C16H15ClF3N/c1-10-3-6-14(8-15(10)16(18,19)20)21-9-12-4-5-13(17)7-11(12)2/h3-8,21H,9H2,1-2H3. The maximum Gasteiger partial charge on any atom is 0.416 e. The van der Waals surface area contributed by atoms with Crippen LogP contribution >= 0.6 is 11.6 Å². The third-order valence-corrected chi connectivity index (χ3v) is 3.57. The molecule has 1 nitrogen and oxygen atoms in total. The molecule has 2 aromatic carbocycles. The first-order valence-corrected chi connectivity index (χ1v) is 6.82. The molecule has 112 valence electrons. The molecule has 0 fully saturated rings. The second kappa shape index (κ2) is 5.98. The van der Waals surface area contributed by atoms with Crippen molar-refractivity contribution in [1.29, 1.82) is 0 Å². The van der Waals surface area contributed by atoms with Gasteiger partial charge in [0, 0.05) is 17.3 Å². The van der Waals surface area contributed by atoms with Gasteiger partial charge in [0.05, 0.1) is 5.56 Å². The minimum atomic E-state index is -4.34. The molecule has 0 aliphatic carbocycles. The Bertz CT molecular complexity index is 650. The highest BCUT2D eigenvalue weighted by Crippen LogP contribution is 2.33. The van der Waals surface area contributed by atoms with Crippen LogP contribution in [0, 0.1) is 13.8 Å². The fourth-order valence-electron chi connectivity index (χ4n) is 2.09. The lowest BCUT2D eigenvalue weighted by Gasteiger charge is -2.14. The molecule has 0 saturated heterocycles. The molecule has 0 amide bonds. The zero-order valence-electron chi connectivity index (χ0n) is 11.7. The first kappa shape index (κ1) is 15.7. The van der Waals surface area contributed by atoms with Crippen molar-refractivity contribution in [2.24, 2.45) is 0 Å². The Hall–Kier alpha value is -1.68. The molecule has 0 aromatic heterocycles. The van der Waals surface area contributed by atoms with Crippen LogP contribution in [-0.2, 0) is 12.7 Å². The molecular formula is C16H15ClF3N. The number of rotatable bonds is 3. The summed E-state index contributed by atoms with van der Waals surface area (Å²) in [6.45, 7) is 3.82. The number of hydrogen-bond donors (Lipinski definition) is 1. The number of halogens is 4. The second-order valence-electron chi connectivity index (χ2n) is 4.95. The predicted octanol–water partition coefficient (Wildman–Crippen LogP) is 5.59. The van der Waals surface area contributed by atoms with Crippen LogP contribution in [0.4, 0.5) is 18.9 Å². The summed E-state index contributed by atoms with van der Waals surface area (Å²) in [5.41, 5.74) is 2.05. The fourth-order valence-corrected chi connectivity index (χ4v) is 2.32. The van der Waals surface area contributed by atoms with Crippen molar-refractivity contribution in [2.75, 3.05) is 5.32 Å². The molecule has 5 heteroatoms. The van der Waals surface area contributed by atoms with E-state index in [1.807, 2.05) is 19.1 Å². The third-order valence-electron chi connectivity index (χ3n) is 3.33. The Morgan fingerprint density at radius 3 is 2.33 bits per heavy atom. The zero-order chi connectivity index (χ0) is 15.6. The lowest BCUT2D eigenvalue weighted by Crippen LogP contribution is -2.09. The highest BCUT2D eigenvalue weighted by atomic mass is 35.5. The molecule has 0 bridgehead atoms. The number of aryl methyl sites for hydroxylation is 2. The van der Waals surface area contributed by atoms with Gasteiger partial charge in [-0.2, -0.15) is 13.2 Å². The van der Waals surface area contributed by atoms with E-state index in [1.54, 1.807) is 12.1 Å². The second-order valence-corrected chi connectivity index (χ2v) is 5.39. The number of nitrogens with one attached hydrogen (secondary N) is 1. The van der Waals surface area contributed by atoms with Crippen LogP contribution in [0.15, 0.2) is 36.4 Å². The first-order chi connectivity index (χ1) is 9.77. The van der Waals surface area contributed by atoms with Gasteiger partial charge < -0.3 is 5.32 Å². The summed E-state index contributed by atoms with van der Waals surface area (Å²) in [7, 11) is 0. The summed E-state index contributed by atoms with van der Waals surface area (Å²) in [6.07, 6.45) is -4.34. The maximum absolute atomic E-state index is 12.9. The quantitative estimate of drug-likeness (QED) is 0.779. The highest BCUT2D eigenvalue weighted by Gasteiger charge is 2.32. The minimum absolute atomic E-state index is 0.218. The smallest absolute Gasteiger partial charge is 0.381 e. The van der Waals surface area contributed by atoms with Gasteiger partial charge in [-0.3, -0.25) is 0 Å². The van der Waals surface area contributed by atoms with Crippen molar-refractivity contribution >= 4 is 17.3 Å². The molecule has 0 saturated carbocycles. The van der Waals surface area contributed by atoms with Crippen LogP contribution < -0.4 is 5.32 Å². The van der Waals surface area contributed by atoms with E-state index in [9.17, 15) is 13.2 Å². The van der Waals surface area contributed by atoms with E-state index in [4.69, 9.17) is 11.6 Å². The normalized spacial score (nSPS) is 11.5. The van der Waals surface area contributed by atoms with Crippen molar-refractivity contribution < 1.29 is 13.2 Å². The number of alkyl halides is 3. The van der Waals surface area contributed by atoms with Gasteiger partial charge in [-0.15, -0.1) is 0 Å². The van der Waals surface area contributed by atoms with Gasteiger partial charge in [-0.05, 0) is 54.8 Å². The van der Waals surface area contributed by atoms with Gasteiger partial charge in [0.1, 0.15) is 0 Å². The van der Waals surface area contributed by atoms with Crippen molar-refractivity contribution in [3.63, 3.8) is 0 Å². The monoisotopic (exact) mass is 313 g/mol. The van der Waals surface area contributed by atoms with Crippen LogP contribution in [0.3, 0.4) is 0 Å². The minimum Gasteiger partial charge on any atom is -0.381 e. The molecular weight excluding hydrogens is 299 g/mol. The summed E-state index contributed by atoms with van der Waals surface area (Å²) >= 11 is 5.88. The van der Waals surface area contributed by atoms with E-state index in [0.717, 1.165) is 17.2 Å². The topological polar surface area (TPSA) is 12.0 Å². The van der Waals surface area contributed by atoms with E-state index < -0.39 is 11.7 Å². The molecule has 21 heavy (non-hydrogen) atoms. The van der Waals surface area contributed by atoms with Gasteiger partial charge in [-0.1, -0.05) is 23.7 Å². The van der Waals surface area contributed by atoms with Gasteiger partial charge in [0.2, 0.25) is 0 Å². The molecule has 1 N–H and O–H groups in total.